The van der Waals surface area contributed by atoms with Crippen molar-refractivity contribution in [3.8, 4) is 5.75 Å². The van der Waals surface area contributed by atoms with Gasteiger partial charge < -0.3 is 10.1 Å². The van der Waals surface area contributed by atoms with Gasteiger partial charge in [-0.05, 0) is 25.8 Å². The number of anilines is 1. The summed E-state index contributed by atoms with van der Waals surface area (Å²) in [5, 5.41) is 0.980. The molecule has 1 aromatic carbocycles. The molecule has 0 fully saturated rings. The van der Waals surface area contributed by atoms with Crippen LogP contribution in [0.15, 0.2) is 24.4 Å². The highest BCUT2D eigenvalue weighted by molar-refractivity contribution is 6.16. The second kappa shape index (κ2) is 10.8. The van der Waals surface area contributed by atoms with Gasteiger partial charge in [0.15, 0.2) is 0 Å². The van der Waals surface area contributed by atoms with E-state index >= 15 is 0 Å². The number of hydrogen-bond donors (Lipinski definition) is 1. The van der Waals surface area contributed by atoms with Crippen LogP contribution in [-0.2, 0) is 9.59 Å². The number of fused-ring (bicyclic) bond motifs is 1. The summed E-state index contributed by atoms with van der Waals surface area (Å²) in [5.74, 6) is -7.88. The van der Waals surface area contributed by atoms with Gasteiger partial charge in [0.1, 0.15) is 5.75 Å². The number of carbonyl (C=O) groups excluding carboxylic acids is 3. The molecule has 2 amide bonds. The number of aromatic nitrogens is 1. The van der Waals surface area contributed by atoms with E-state index < -0.39 is 76.6 Å². The Labute approximate surface area is 202 Å². The number of benzene rings is 1. The summed E-state index contributed by atoms with van der Waals surface area (Å²) in [6.07, 6.45) is -15.7. The highest BCUT2D eigenvalue weighted by Crippen LogP contribution is 2.40. The summed E-state index contributed by atoms with van der Waals surface area (Å²) >= 11 is 0. The van der Waals surface area contributed by atoms with E-state index in [0.29, 0.717) is 6.07 Å². The maximum absolute atomic E-state index is 13.5. The first-order chi connectivity index (χ1) is 16.9. The van der Waals surface area contributed by atoms with Crippen LogP contribution in [0, 0.1) is 0 Å². The van der Waals surface area contributed by atoms with E-state index in [9.17, 15) is 53.9 Å². The zero-order valence-electron chi connectivity index (χ0n) is 18.9. The molecule has 0 bridgehead atoms. The predicted octanol–water partition coefficient (Wildman–Crippen LogP) is 4.73. The van der Waals surface area contributed by atoms with E-state index in [4.69, 9.17) is 4.74 Å². The first-order valence-corrected chi connectivity index (χ1v) is 10.2. The molecule has 1 aromatic heterocycles. The van der Waals surface area contributed by atoms with Crippen molar-refractivity contribution in [1.82, 2.24) is 10.3 Å². The van der Waals surface area contributed by atoms with Gasteiger partial charge in [0.05, 0.1) is 23.9 Å². The lowest BCUT2D eigenvalue weighted by molar-refractivity contribution is -0.173. The highest BCUT2D eigenvalue weighted by Gasteiger charge is 2.47. The smallest absolute Gasteiger partial charge is 0.471 e. The van der Waals surface area contributed by atoms with Crippen LogP contribution in [0.4, 0.5) is 45.2 Å². The number of nitrogens with zero attached hydrogens (tertiary/aromatic N) is 2. The van der Waals surface area contributed by atoms with Gasteiger partial charge >= 0.3 is 30.3 Å². The molecule has 2 rings (SSSR count). The molecule has 204 valence electrons. The molecule has 1 unspecified atom stereocenters. The quantitative estimate of drug-likeness (QED) is 0.293. The number of nitrogens with one attached hydrogen (secondary N) is 1. The summed E-state index contributed by atoms with van der Waals surface area (Å²) in [4.78, 5) is 39.3. The number of methoxy groups -OCH3 is 1. The third-order valence-electron chi connectivity index (χ3n) is 5.04. The Morgan fingerprint density at radius 1 is 1.03 bits per heavy atom. The summed E-state index contributed by atoms with van der Waals surface area (Å²) < 4.78 is 122. The molecular weight excluding hydrogens is 529 g/mol. The molecule has 2 aromatic rings. The lowest BCUT2D eigenvalue weighted by Gasteiger charge is -2.31. The molecule has 7 nitrogen and oxygen atoms in total. The lowest BCUT2D eigenvalue weighted by Crippen LogP contribution is -2.47. The Kier molecular flexibility index (Phi) is 8.65. The number of ketones is 1. The highest BCUT2D eigenvalue weighted by atomic mass is 19.4. The second-order valence-corrected chi connectivity index (χ2v) is 7.62. The molecule has 0 saturated carbocycles. The minimum absolute atomic E-state index is 0.158. The molecule has 0 aliphatic heterocycles. The van der Waals surface area contributed by atoms with E-state index in [1.807, 2.05) is 0 Å². The number of ether oxygens (including phenoxy) is 1. The van der Waals surface area contributed by atoms with E-state index in [1.165, 1.54) is 5.32 Å². The van der Waals surface area contributed by atoms with Gasteiger partial charge in [-0.25, -0.2) is 0 Å². The zero-order chi connectivity index (χ0) is 28.3. The molecule has 1 N–H and O–H groups in total. The molecule has 0 radical (unpaired) electrons. The third kappa shape index (κ3) is 6.80. The van der Waals surface area contributed by atoms with Crippen LogP contribution in [0.3, 0.4) is 0 Å². The number of rotatable bonds is 8. The number of Topliss-reactive ketones (excluding diaryl/α,β-unsaturated/α-hetero) is 1. The van der Waals surface area contributed by atoms with Gasteiger partial charge in [0.25, 0.3) is 5.78 Å². The molecule has 0 spiro atoms. The van der Waals surface area contributed by atoms with Gasteiger partial charge in [-0.15, -0.1) is 0 Å². The predicted molar refractivity (Wildman–Crippen MR) is 110 cm³/mol. The van der Waals surface area contributed by atoms with Crippen molar-refractivity contribution in [3.63, 3.8) is 0 Å². The summed E-state index contributed by atoms with van der Waals surface area (Å²) in [7, 11) is 0.858. The summed E-state index contributed by atoms with van der Waals surface area (Å²) in [5.41, 5.74) is -2.25. The van der Waals surface area contributed by atoms with Gasteiger partial charge in [0.2, 0.25) is 0 Å². The Morgan fingerprint density at radius 2 is 1.65 bits per heavy atom. The van der Waals surface area contributed by atoms with E-state index in [2.05, 4.69) is 4.98 Å². The van der Waals surface area contributed by atoms with Gasteiger partial charge in [0, 0.05) is 30.2 Å². The van der Waals surface area contributed by atoms with Crippen LogP contribution in [-0.4, -0.2) is 60.8 Å². The van der Waals surface area contributed by atoms with Crippen LogP contribution in [0.5, 0.6) is 5.75 Å². The van der Waals surface area contributed by atoms with E-state index in [1.54, 1.807) is 0 Å². The molecular formula is C21H18F9N3O4. The van der Waals surface area contributed by atoms with Crippen molar-refractivity contribution in [3.05, 3.63) is 30.0 Å². The minimum Gasteiger partial charge on any atom is -0.496 e. The van der Waals surface area contributed by atoms with Gasteiger partial charge in [-0.1, -0.05) is 6.07 Å². The van der Waals surface area contributed by atoms with Crippen molar-refractivity contribution < 1.29 is 58.6 Å². The fourth-order valence-electron chi connectivity index (χ4n) is 3.44. The van der Waals surface area contributed by atoms with Crippen molar-refractivity contribution in [2.24, 2.45) is 0 Å². The summed E-state index contributed by atoms with van der Waals surface area (Å²) in [6, 6.07) is 1.30. The van der Waals surface area contributed by atoms with Crippen LogP contribution in [0.2, 0.25) is 0 Å². The first kappa shape index (κ1) is 29.6. The monoisotopic (exact) mass is 547 g/mol. The first-order valence-electron chi connectivity index (χ1n) is 10.2. The molecule has 0 saturated heterocycles. The largest absolute Gasteiger partial charge is 0.496 e. The Balaban J connectivity index is 2.59. The maximum Gasteiger partial charge on any atom is 0.471 e. The number of halogens is 9. The zero-order valence-corrected chi connectivity index (χ0v) is 18.9. The van der Waals surface area contributed by atoms with Crippen LogP contribution < -0.4 is 15.0 Å². The number of alkyl halides is 9. The average molecular weight is 547 g/mol. The molecule has 1 atom stereocenters. The average Bonchev–Trinajstić information content (AvgIpc) is 2.79. The molecule has 37 heavy (non-hydrogen) atoms. The number of pyridine rings is 1. The fraction of sp³-hybridized carbons (Fsp3) is 0.429. The third-order valence-corrected chi connectivity index (χ3v) is 5.04. The normalized spacial score (nSPS) is 13.3. The SMILES string of the molecule is COc1cc(N(C(=O)C(F)(F)F)C(C)CCCNC(=O)C(F)(F)F)c2ncccc2c1C(=O)C(F)(F)F. The van der Waals surface area contributed by atoms with E-state index in [-0.39, 0.29) is 17.7 Å². The molecule has 1 heterocycles. The summed E-state index contributed by atoms with van der Waals surface area (Å²) in [6.45, 7) is 0.503. The standard InChI is InChI=1S/C21H18F9N3O4/c1-10(5-3-8-32-17(35)20(25,26)27)33(18(36)21(28,29)30)12-9-13(37-2)14(16(34)19(22,23)24)11-6-4-7-31-15(11)12/h4,6-7,9-10H,3,5,8H2,1-2H3,(H,32,35). The van der Waals surface area contributed by atoms with Gasteiger partial charge in [-0.3, -0.25) is 24.3 Å². The molecule has 16 heteroatoms. The topological polar surface area (TPSA) is 88.6 Å². The van der Waals surface area contributed by atoms with Crippen molar-refractivity contribution in [1.29, 1.82) is 0 Å². The molecule has 0 aliphatic rings. The number of amides is 2. The number of carbonyl (C=O) groups is 3. The van der Waals surface area contributed by atoms with Crippen molar-refractivity contribution >= 4 is 34.2 Å². The van der Waals surface area contributed by atoms with Crippen molar-refractivity contribution in [2.75, 3.05) is 18.6 Å². The Hall–Kier alpha value is -3.59. The second-order valence-electron chi connectivity index (χ2n) is 7.62. The van der Waals surface area contributed by atoms with E-state index in [0.717, 1.165) is 32.4 Å². The molecule has 0 aliphatic carbocycles. The number of hydrogen-bond acceptors (Lipinski definition) is 5. The van der Waals surface area contributed by atoms with Crippen LogP contribution in [0.1, 0.15) is 30.1 Å². The maximum atomic E-state index is 13.5. The Bertz CT molecular complexity index is 1180. The Morgan fingerprint density at radius 3 is 2.16 bits per heavy atom. The van der Waals surface area contributed by atoms with Crippen molar-refractivity contribution in [2.45, 2.75) is 44.3 Å². The lowest BCUT2D eigenvalue weighted by atomic mass is 9.99. The fourth-order valence-corrected chi connectivity index (χ4v) is 3.44. The van der Waals surface area contributed by atoms with Crippen LogP contribution in [0.25, 0.3) is 10.9 Å². The van der Waals surface area contributed by atoms with Crippen LogP contribution >= 0.6 is 0 Å². The van der Waals surface area contributed by atoms with Gasteiger partial charge in [-0.2, -0.15) is 39.5 Å². The minimum atomic E-state index is -5.48.